The number of nitrogens with one attached hydrogen (secondary N) is 1. The Kier molecular flexibility index (Phi) is 5.30. The number of carbonyl (C=O) groups excluding carboxylic acids is 1. The molecule has 1 rings (SSSR count). The molecule has 1 aromatic heterocycles. The van der Waals surface area contributed by atoms with Crippen molar-refractivity contribution in [2.24, 2.45) is 0 Å². The zero-order chi connectivity index (χ0) is 12.8. The van der Waals surface area contributed by atoms with Crippen molar-refractivity contribution in [2.45, 2.75) is 6.61 Å². The van der Waals surface area contributed by atoms with Crippen molar-refractivity contribution >= 4 is 17.2 Å². The van der Waals surface area contributed by atoms with Crippen molar-refractivity contribution in [3.8, 4) is 5.75 Å². The molecule has 7 heteroatoms. The van der Waals surface area contributed by atoms with Crippen LogP contribution in [0.4, 0.5) is 8.78 Å². The summed E-state index contributed by atoms with van der Waals surface area (Å²) >= 11 is 1.09. The number of carbonyl (C=O) groups is 1. The summed E-state index contributed by atoms with van der Waals surface area (Å²) in [6, 6.07) is 1.37. The molecule has 0 unspecified atom stereocenters. The Hall–Kier alpha value is -1.21. The number of rotatable bonds is 6. The standard InChI is InChI=1S/C10H14F2N2O2S/c1-13-4-5-14(2)9(15)8-7(3-6-17-8)16-10(11)12/h3,6,10,13H,4-5H2,1-2H3. The predicted octanol–water partition coefficient (Wildman–Crippen LogP) is 1.64. The van der Waals surface area contributed by atoms with Crippen LogP contribution in [0.25, 0.3) is 0 Å². The van der Waals surface area contributed by atoms with Crippen molar-refractivity contribution in [3.05, 3.63) is 16.3 Å². The SMILES string of the molecule is CNCCN(C)C(=O)c1sccc1OC(F)F. The lowest BCUT2D eigenvalue weighted by atomic mass is 10.3. The molecule has 96 valence electrons. The molecule has 1 N–H and O–H groups in total. The third-order valence-electron chi connectivity index (χ3n) is 2.08. The van der Waals surface area contributed by atoms with Gasteiger partial charge >= 0.3 is 6.61 Å². The predicted molar refractivity (Wildman–Crippen MR) is 61.8 cm³/mol. The average molecular weight is 264 g/mol. The van der Waals surface area contributed by atoms with E-state index in [2.05, 4.69) is 10.1 Å². The van der Waals surface area contributed by atoms with Crippen molar-refractivity contribution in [1.82, 2.24) is 10.2 Å². The molecule has 0 aliphatic rings. The number of halogens is 2. The molecule has 0 saturated carbocycles. The molecule has 1 aromatic rings. The number of ether oxygens (including phenoxy) is 1. The zero-order valence-corrected chi connectivity index (χ0v) is 10.4. The van der Waals surface area contributed by atoms with Gasteiger partial charge in [0.2, 0.25) is 0 Å². The quantitative estimate of drug-likeness (QED) is 0.849. The van der Waals surface area contributed by atoms with E-state index in [0.29, 0.717) is 13.1 Å². The zero-order valence-electron chi connectivity index (χ0n) is 9.57. The molecule has 0 atom stereocenters. The van der Waals surface area contributed by atoms with Gasteiger partial charge in [-0.1, -0.05) is 0 Å². The lowest BCUT2D eigenvalue weighted by molar-refractivity contribution is -0.0499. The highest BCUT2D eigenvalue weighted by Crippen LogP contribution is 2.27. The molecule has 4 nitrogen and oxygen atoms in total. The van der Waals surface area contributed by atoms with Crippen LogP contribution in [0.2, 0.25) is 0 Å². The first-order valence-corrected chi connectivity index (χ1v) is 5.86. The van der Waals surface area contributed by atoms with Gasteiger partial charge in [0.25, 0.3) is 5.91 Å². The molecular weight excluding hydrogens is 250 g/mol. The Balaban J connectivity index is 2.71. The van der Waals surface area contributed by atoms with Gasteiger partial charge in [0.1, 0.15) is 10.6 Å². The van der Waals surface area contributed by atoms with E-state index >= 15 is 0 Å². The molecule has 0 aromatic carbocycles. The van der Waals surface area contributed by atoms with Crippen LogP contribution in [0, 0.1) is 0 Å². The molecule has 0 spiro atoms. The van der Waals surface area contributed by atoms with Crippen molar-refractivity contribution < 1.29 is 18.3 Å². The van der Waals surface area contributed by atoms with Gasteiger partial charge in [-0.2, -0.15) is 8.78 Å². The number of nitrogens with zero attached hydrogens (tertiary/aromatic N) is 1. The fourth-order valence-electron chi connectivity index (χ4n) is 1.20. The summed E-state index contributed by atoms with van der Waals surface area (Å²) in [4.78, 5) is 13.6. The Morgan fingerprint density at radius 1 is 1.65 bits per heavy atom. The van der Waals surface area contributed by atoms with Crippen molar-refractivity contribution in [2.75, 3.05) is 27.2 Å². The molecule has 0 aliphatic heterocycles. The summed E-state index contributed by atoms with van der Waals surface area (Å²) in [5.74, 6) is -0.378. The van der Waals surface area contributed by atoms with Crippen LogP contribution in [0.1, 0.15) is 9.67 Å². The van der Waals surface area contributed by atoms with Gasteiger partial charge in [0.05, 0.1) is 0 Å². The lowest BCUT2D eigenvalue weighted by Gasteiger charge is -2.16. The van der Waals surface area contributed by atoms with E-state index in [1.54, 1.807) is 19.5 Å². The van der Waals surface area contributed by atoms with Crippen LogP contribution >= 0.6 is 11.3 Å². The first-order chi connectivity index (χ1) is 8.06. The monoisotopic (exact) mass is 264 g/mol. The van der Waals surface area contributed by atoms with Crippen LogP contribution in [-0.2, 0) is 0 Å². The van der Waals surface area contributed by atoms with Gasteiger partial charge in [-0.25, -0.2) is 0 Å². The maximum absolute atomic E-state index is 12.1. The van der Waals surface area contributed by atoms with Crippen molar-refractivity contribution in [1.29, 1.82) is 0 Å². The Labute approximate surface area is 102 Å². The second-order valence-electron chi connectivity index (χ2n) is 3.32. The smallest absolute Gasteiger partial charge is 0.387 e. The lowest BCUT2D eigenvalue weighted by Crippen LogP contribution is -2.32. The number of hydrogen-bond donors (Lipinski definition) is 1. The molecule has 0 bridgehead atoms. The summed E-state index contributed by atoms with van der Waals surface area (Å²) in [5, 5.41) is 4.46. The highest BCUT2D eigenvalue weighted by atomic mass is 32.1. The number of hydrogen-bond acceptors (Lipinski definition) is 4. The molecule has 17 heavy (non-hydrogen) atoms. The van der Waals surface area contributed by atoms with E-state index < -0.39 is 6.61 Å². The highest BCUT2D eigenvalue weighted by Gasteiger charge is 2.20. The fraction of sp³-hybridized carbons (Fsp3) is 0.500. The van der Waals surface area contributed by atoms with Crippen molar-refractivity contribution in [3.63, 3.8) is 0 Å². The number of likely N-dealkylation sites (N-methyl/N-ethyl adjacent to an activating group) is 2. The van der Waals surface area contributed by atoms with E-state index in [1.165, 1.54) is 11.0 Å². The maximum Gasteiger partial charge on any atom is 0.387 e. The molecule has 0 fully saturated rings. The van der Waals surface area contributed by atoms with Gasteiger partial charge in [0, 0.05) is 20.1 Å². The minimum absolute atomic E-state index is 0.0636. The Morgan fingerprint density at radius 2 is 2.35 bits per heavy atom. The fourth-order valence-corrected chi connectivity index (χ4v) is 2.01. The molecule has 0 aliphatic carbocycles. The maximum atomic E-state index is 12.1. The van der Waals surface area contributed by atoms with E-state index in [4.69, 9.17) is 0 Å². The van der Waals surface area contributed by atoms with E-state index in [0.717, 1.165) is 11.3 Å². The first-order valence-electron chi connectivity index (χ1n) is 4.98. The first kappa shape index (κ1) is 13.9. The summed E-state index contributed by atoms with van der Waals surface area (Å²) in [6.07, 6.45) is 0. The summed E-state index contributed by atoms with van der Waals surface area (Å²) < 4.78 is 28.5. The van der Waals surface area contributed by atoms with Gasteiger partial charge in [0.15, 0.2) is 0 Å². The van der Waals surface area contributed by atoms with E-state index in [9.17, 15) is 13.6 Å². The van der Waals surface area contributed by atoms with Crippen LogP contribution in [0.15, 0.2) is 11.4 Å². The summed E-state index contributed by atoms with van der Waals surface area (Å²) in [5.41, 5.74) is 0. The number of alkyl halides is 2. The third kappa shape index (κ3) is 3.94. The van der Waals surface area contributed by atoms with Crippen LogP contribution in [0.3, 0.4) is 0 Å². The third-order valence-corrected chi connectivity index (χ3v) is 2.97. The van der Waals surface area contributed by atoms with Crippen LogP contribution in [-0.4, -0.2) is 44.6 Å². The minimum Gasteiger partial charge on any atom is -0.433 e. The molecule has 0 radical (unpaired) electrons. The minimum atomic E-state index is -2.92. The van der Waals surface area contributed by atoms with Crippen LogP contribution < -0.4 is 10.1 Å². The number of thiophene rings is 1. The largest absolute Gasteiger partial charge is 0.433 e. The second-order valence-corrected chi connectivity index (χ2v) is 4.24. The normalized spacial score (nSPS) is 10.6. The summed E-state index contributed by atoms with van der Waals surface area (Å²) in [7, 11) is 3.39. The van der Waals surface area contributed by atoms with Crippen LogP contribution in [0.5, 0.6) is 5.75 Å². The molecule has 1 amide bonds. The van der Waals surface area contributed by atoms with Gasteiger partial charge in [-0.3, -0.25) is 4.79 Å². The highest BCUT2D eigenvalue weighted by molar-refractivity contribution is 7.12. The van der Waals surface area contributed by atoms with E-state index in [-0.39, 0.29) is 16.5 Å². The topological polar surface area (TPSA) is 41.6 Å². The second kappa shape index (κ2) is 6.51. The van der Waals surface area contributed by atoms with Gasteiger partial charge in [-0.05, 0) is 18.5 Å². The summed E-state index contributed by atoms with van der Waals surface area (Å²) in [6.45, 7) is -1.78. The molecule has 1 heterocycles. The Morgan fingerprint density at radius 3 is 2.94 bits per heavy atom. The molecular formula is C10H14F2N2O2S. The Bertz CT molecular complexity index is 371. The van der Waals surface area contributed by atoms with Gasteiger partial charge in [-0.15, -0.1) is 11.3 Å². The average Bonchev–Trinajstić information content (AvgIpc) is 2.71. The van der Waals surface area contributed by atoms with E-state index in [1.807, 2.05) is 0 Å². The van der Waals surface area contributed by atoms with Gasteiger partial charge < -0.3 is 15.0 Å². The number of amides is 1. The molecule has 0 saturated heterocycles.